The number of hydrogen-bond donors (Lipinski definition) is 1. The van der Waals surface area contributed by atoms with Crippen LogP contribution in [0.25, 0.3) is 5.13 Å². The third-order valence-corrected chi connectivity index (χ3v) is 4.63. The minimum Gasteiger partial charge on any atom is -0.406 e. The summed E-state index contributed by atoms with van der Waals surface area (Å²) in [4.78, 5) is 20.7. The molecule has 0 aliphatic carbocycles. The third kappa shape index (κ3) is 4.91. The van der Waals surface area contributed by atoms with E-state index in [-0.39, 0.29) is 10.6 Å². The number of amides is 1. The van der Waals surface area contributed by atoms with Crippen molar-refractivity contribution in [2.45, 2.75) is 19.3 Å². The molecule has 1 aromatic carbocycles. The molecule has 0 fully saturated rings. The molecular weight excluding hydrogens is 442 g/mol. The maximum absolute atomic E-state index is 12.5. The average molecular weight is 452 g/mol. The van der Waals surface area contributed by atoms with Crippen LogP contribution in [0.2, 0.25) is 9.36 Å². The van der Waals surface area contributed by atoms with Crippen LogP contribution in [0.5, 0.6) is 5.75 Å². The standard InChI is InChI=1S/C15H10Cl2F3N5O2S/c1-7(12-22-6-23-25(12)14-21-5-11(17)28-14)24-13(26)8-2-9(16)4-10(3-8)27-15(18,19)20/h2-7H,1H3,(H,24,26)/t7-/m0/s1. The van der Waals surface area contributed by atoms with Gasteiger partial charge >= 0.3 is 6.36 Å². The van der Waals surface area contributed by atoms with E-state index in [9.17, 15) is 18.0 Å². The van der Waals surface area contributed by atoms with Crippen molar-refractivity contribution in [1.29, 1.82) is 0 Å². The van der Waals surface area contributed by atoms with Crippen LogP contribution < -0.4 is 10.1 Å². The SMILES string of the molecule is C[C@H](NC(=O)c1cc(Cl)cc(OC(F)(F)F)c1)c1ncnn1-c1ncc(Cl)s1. The number of carbonyl (C=O) groups excluding carboxylic acids is 1. The predicted octanol–water partition coefficient (Wildman–Crippen LogP) is 4.42. The number of thiazole rings is 1. The predicted molar refractivity (Wildman–Crippen MR) is 96.1 cm³/mol. The molecule has 0 saturated heterocycles. The zero-order valence-corrected chi connectivity index (χ0v) is 16.2. The number of benzene rings is 1. The van der Waals surface area contributed by atoms with Crippen LogP contribution in [0.15, 0.2) is 30.7 Å². The van der Waals surface area contributed by atoms with E-state index in [2.05, 4.69) is 25.1 Å². The lowest BCUT2D eigenvalue weighted by molar-refractivity contribution is -0.274. The largest absolute Gasteiger partial charge is 0.573 e. The van der Waals surface area contributed by atoms with Crippen molar-refractivity contribution < 1.29 is 22.7 Å². The van der Waals surface area contributed by atoms with Gasteiger partial charge in [0, 0.05) is 10.6 Å². The number of alkyl halides is 3. The van der Waals surface area contributed by atoms with E-state index in [4.69, 9.17) is 23.2 Å². The summed E-state index contributed by atoms with van der Waals surface area (Å²) in [5.74, 6) is -0.916. The van der Waals surface area contributed by atoms with Crippen LogP contribution in [-0.4, -0.2) is 32.0 Å². The highest BCUT2D eigenvalue weighted by molar-refractivity contribution is 7.18. The highest BCUT2D eigenvalue weighted by atomic mass is 35.5. The molecule has 0 unspecified atom stereocenters. The van der Waals surface area contributed by atoms with Crippen molar-refractivity contribution in [3.05, 3.63) is 51.5 Å². The van der Waals surface area contributed by atoms with E-state index in [1.807, 2.05) is 0 Å². The topological polar surface area (TPSA) is 81.9 Å². The zero-order chi connectivity index (χ0) is 20.5. The maximum atomic E-state index is 12.5. The molecule has 3 aromatic rings. The van der Waals surface area contributed by atoms with Crippen molar-refractivity contribution in [2.24, 2.45) is 0 Å². The highest BCUT2D eigenvalue weighted by Crippen LogP contribution is 2.28. The van der Waals surface area contributed by atoms with Gasteiger partial charge in [-0.05, 0) is 25.1 Å². The first-order chi connectivity index (χ1) is 13.1. The second-order valence-corrected chi connectivity index (χ2v) is 7.47. The molecule has 28 heavy (non-hydrogen) atoms. The Morgan fingerprint density at radius 3 is 2.68 bits per heavy atom. The Morgan fingerprint density at radius 2 is 2.04 bits per heavy atom. The fourth-order valence-corrected chi connectivity index (χ4v) is 3.36. The Morgan fingerprint density at radius 1 is 1.29 bits per heavy atom. The van der Waals surface area contributed by atoms with Gasteiger partial charge in [-0.2, -0.15) is 9.78 Å². The van der Waals surface area contributed by atoms with Gasteiger partial charge in [-0.3, -0.25) is 4.79 Å². The van der Waals surface area contributed by atoms with Crippen molar-refractivity contribution in [2.75, 3.05) is 0 Å². The Kier molecular flexibility index (Phi) is 5.77. The van der Waals surface area contributed by atoms with E-state index in [1.165, 1.54) is 23.3 Å². The van der Waals surface area contributed by atoms with Gasteiger partial charge in [-0.25, -0.2) is 9.97 Å². The van der Waals surface area contributed by atoms with Crippen LogP contribution in [0.1, 0.15) is 29.1 Å². The summed E-state index contributed by atoms with van der Waals surface area (Å²) in [6.45, 7) is 1.63. The van der Waals surface area contributed by atoms with Gasteiger partial charge in [0.15, 0.2) is 5.82 Å². The number of ether oxygens (including phenoxy) is 1. The average Bonchev–Trinajstić information content (AvgIpc) is 3.21. The van der Waals surface area contributed by atoms with Crippen molar-refractivity contribution in [3.8, 4) is 10.9 Å². The molecule has 0 bridgehead atoms. The molecule has 0 aliphatic heterocycles. The first-order valence-corrected chi connectivity index (χ1v) is 9.08. The second kappa shape index (κ2) is 7.94. The van der Waals surface area contributed by atoms with Crippen molar-refractivity contribution in [1.82, 2.24) is 25.1 Å². The molecule has 3 rings (SSSR count). The molecule has 0 radical (unpaired) electrons. The Balaban J connectivity index is 1.80. The summed E-state index contributed by atoms with van der Waals surface area (Å²) in [7, 11) is 0. The lowest BCUT2D eigenvalue weighted by atomic mass is 10.2. The summed E-state index contributed by atoms with van der Waals surface area (Å²) >= 11 is 12.8. The summed E-state index contributed by atoms with van der Waals surface area (Å²) in [5, 5.41) is 7.03. The number of nitrogens with one attached hydrogen (secondary N) is 1. The molecule has 148 valence electrons. The maximum Gasteiger partial charge on any atom is 0.573 e. The molecule has 0 aliphatic rings. The Labute approximate surface area is 170 Å². The Bertz CT molecular complexity index is 1010. The molecule has 1 atom stereocenters. The molecule has 1 N–H and O–H groups in total. The number of aromatic nitrogens is 4. The number of carbonyl (C=O) groups is 1. The van der Waals surface area contributed by atoms with E-state index in [0.717, 1.165) is 23.5 Å². The highest BCUT2D eigenvalue weighted by Gasteiger charge is 2.31. The molecule has 7 nitrogen and oxygen atoms in total. The van der Waals surface area contributed by atoms with Gasteiger partial charge < -0.3 is 10.1 Å². The second-order valence-electron chi connectivity index (χ2n) is 5.40. The molecule has 2 aromatic heterocycles. The van der Waals surface area contributed by atoms with E-state index in [0.29, 0.717) is 15.3 Å². The first-order valence-electron chi connectivity index (χ1n) is 7.51. The number of nitrogens with zero attached hydrogens (tertiary/aromatic N) is 4. The van der Waals surface area contributed by atoms with Crippen LogP contribution in [-0.2, 0) is 0 Å². The van der Waals surface area contributed by atoms with Crippen LogP contribution >= 0.6 is 34.5 Å². The summed E-state index contributed by atoms with van der Waals surface area (Å²) in [6, 6.07) is 2.46. The number of rotatable bonds is 5. The fraction of sp³-hybridized carbons (Fsp3) is 0.200. The number of halogens is 5. The summed E-state index contributed by atoms with van der Waals surface area (Å²) in [5.41, 5.74) is -0.109. The van der Waals surface area contributed by atoms with Crippen LogP contribution in [0.3, 0.4) is 0 Å². The quantitative estimate of drug-likeness (QED) is 0.620. The molecule has 13 heteroatoms. The van der Waals surface area contributed by atoms with Crippen molar-refractivity contribution in [3.63, 3.8) is 0 Å². The molecule has 0 saturated carbocycles. The minimum absolute atomic E-state index is 0.0832. The van der Waals surface area contributed by atoms with Crippen LogP contribution in [0.4, 0.5) is 13.2 Å². The van der Waals surface area contributed by atoms with E-state index < -0.39 is 24.1 Å². The minimum atomic E-state index is -4.91. The first kappa shape index (κ1) is 20.4. The van der Waals surface area contributed by atoms with Gasteiger partial charge in [0.05, 0.1) is 12.2 Å². The van der Waals surface area contributed by atoms with Crippen molar-refractivity contribution >= 4 is 40.4 Å². The monoisotopic (exact) mass is 451 g/mol. The fourth-order valence-electron chi connectivity index (χ4n) is 2.27. The lowest BCUT2D eigenvalue weighted by Gasteiger charge is -2.15. The molecular formula is C15H10Cl2F3N5O2S. The van der Waals surface area contributed by atoms with Gasteiger partial charge in [0.1, 0.15) is 16.4 Å². The third-order valence-electron chi connectivity index (χ3n) is 3.32. The molecule has 0 spiro atoms. The van der Waals surface area contributed by atoms with Gasteiger partial charge in [-0.15, -0.1) is 13.2 Å². The van der Waals surface area contributed by atoms with Gasteiger partial charge in [0.25, 0.3) is 5.91 Å². The normalized spacial score (nSPS) is 12.6. The molecule has 1 amide bonds. The summed E-state index contributed by atoms with van der Waals surface area (Å²) < 4.78 is 42.9. The summed E-state index contributed by atoms with van der Waals surface area (Å²) in [6.07, 6.45) is -2.18. The molecule has 2 heterocycles. The number of hydrogen-bond acceptors (Lipinski definition) is 6. The van der Waals surface area contributed by atoms with Crippen LogP contribution in [0, 0.1) is 0 Å². The lowest BCUT2D eigenvalue weighted by Crippen LogP contribution is -2.29. The van der Waals surface area contributed by atoms with Gasteiger partial charge in [0.2, 0.25) is 5.13 Å². The van der Waals surface area contributed by atoms with Gasteiger partial charge in [-0.1, -0.05) is 34.5 Å². The van der Waals surface area contributed by atoms with E-state index >= 15 is 0 Å². The Hall–Kier alpha value is -2.37. The zero-order valence-electron chi connectivity index (χ0n) is 13.9. The van der Waals surface area contributed by atoms with E-state index in [1.54, 1.807) is 6.92 Å². The smallest absolute Gasteiger partial charge is 0.406 e.